The fourth-order valence-electron chi connectivity index (χ4n) is 2.38. The van der Waals surface area contributed by atoms with Crippen LogP contribution in [0.25, 0.3) is 0 Å². The van der Waals surface area contributed by atoms with Gasteiger partial charge in [-0.25, -0.2) is 0 Å². The summed E-state index contributed by atoms with van der Waals surface area (Å²) >= 11 is 0. The SMILES string of the molecule is CC(C)C1CCC1C.CCCC(C)CC. The van der Waals surface area contributed by atoms with E-state index < -0.39 is 0 Å². The van der Waals surface area contributed by atoms with Gasteiger partial charge in [0.2, 0.25) is 0 Å². The molecule has 0 radical (unpaired) electrons. The molecule has 0 aromatic carbocycles. The van der Waals surface area contributed by atoms with Gasteiger partial charge in [0.25, 0.3) is 0 Å². The van der Waals surface area contributed by atoms with Crippen LogP contribution in [-0.2, 0) is 0 Å². The second-order valence-corrected chi connectivity index (χ2v) is 5.76. The first kappa shape index (κ1) is 15.0. The zero-order valence-corrected chi connectivity index (χ0v) is 11.8. The Hall–Kier alpha value is 0. The largest absolute Gasteiger partial charge is 0.0654 e. The second-order valence-electron chi connectivity index (χ2n) is 5.76. The predicted molar refractivity (Wildman–Crippen MR) is 71.1 cm³/mol. The molecule has 0 amide bonds. The minimum atomic E-state index is 0.929. The molecule has 0 spiro atoms. The average Bonchev–Trinajstić information content (AvgIpc) is 2.16. The van der Waals surface area contributed by atoms with Crippen LogP contribution < -0.4 is 0 Å². The standard InChI is InChI=1S/C8H16.C7H16/c1-6(2)8-5-4-7(8)3;1-4-6-7(3)5-2/h6-8H,4-5H2,1-3H3;7H,4-6H2,1-3H3. The highest BCUT2D eigenvalue weighted by atomic mass is 14.3. The van der Waals surface area contributed by atoms with E-state index in [9.17, 15) is 0 Å². The van der Waals surface area contributed by atoms with Crippen molar-refractivity contribution in [3.05, 3.63) is 0 Å². The van der Waals surface area contributed by atoms with Gasteiger partial charge in [0, 0.05) is 0 Å². The third kappa shape index (κ3) is 6.22. The molecule has 0 saturated heterocycles. The molecular weight excluding hydrogens is 180 g/mol. The van der Waals surface area contributed by atoms with Crippen LogP contribution in [0.2, 0.25) is 0 Å². The second kappa shape index (κ2) is 8.19. The average molecular weight is 212 g/mol. The van der Waals surface area contributed by atoms with Gasteiger partial charge in [-0.2, -0.15) is 0 Å². The normalized spacial score (nSPS) is 26.6. The number of hydrogen-bond acceptors (Lipinski definition) is 0. The lowest BCUT2D eigenvalue weighted by atomic mass is 9.69. The van der Waals surface area contributed by atoms with Gasteiger partial charge in [-0.3, -0.25) is 0 Å². The van der Waals surface area contributed by atoms with Gasteiger partial charge >= 0.3 is 0 Å². The Morgan fingerprint density at radius 1 is 1.07 bits per heavy atom. The molecule has 0 aliphatic heterocycles. The fourth-order valence-corrected chi connectivity index (χ4v) is 2.38. The minimum Gasteiger partial charge on any atom is -0.0654 e. The molecule has 92 valence electrons. The molecule has 0 heteroatoms. The quantitative estimate of drug-likeness (QED) is 0.575. The van der Waals surface area contributed by atoms with E-state index in [1.54, 1.807) is 0 Å². The highest BCUT2D eigenvalue weighted by Crippen LogP contribution is 2.38. The van der Waals surface area contributed by atoms with Crippen LogP contribution in [0.5, 0.6) is 0 Å². The fraction of sp³-hybridized carbons (Fsp3) is 1.00. The van der Waals surface area contributed by atoms with Crippen LogP contribution >= 0.6 is 0 Å². The summed E-state index contributed by atoms with van der Waals surface area (Å²) in [6.45, 7) is 13.8. The van der Waals surface area contributed by atoms with E-state index in [0.29, 0.717) is 0 Å². The molecule has 0 N–H and O–H groups in total. The van der Waals surface area contributed by atoms with Crippen molar-refractivity contribution in [3.8, 4) is 0 Å². The van der Waals surface area contributed by atoms with Crippen molar-refractivity contribution in [2.45, 2.75) is 73.6 Å². The molecule has 1 saturated carbocycles. The van der Waals surface area contributed by atoms with Gasteiger partial charge in [-0.15, -0.1) is 0 Å². The zero-order valence-electron chi connectivity index (χ0n) is 11.8. The molecule has 1 rings (SSSR count). The molecule has 0 bridgehead atoms. The molecule has 0 aromatic rings. The lowest BCUT2D eigenvalue weighted by Gasteiger charge is -2.36. The van der Waals surface area contributed by atoms with E-state index in [0.717, 1.165) is 23.7 Å². The summed E-state index contributed by atoms with van der Waals surface area (Å²) in [5.74, 6) is 3.95. The van der Waals surface area contributed by atoms with E-state index in [1.165, 1.54) is 32.1 Å². The molecule has 1 fully saturated rings. The Balaban J connectivity index is 0.000000265. The van der Waals surface area contributed by atoms with Crippen molar-refractivity contribution >= 4 is 0 Å². The molecule has 0 nitrogen and oxygen atoms in total. The van der Waals surface area contributed by atoms with Crippen LogP contribution in [0.4, 0.5) is 0 Å². The minimum absolute atomic E-state index is 0.929. The first-order valence-corrected chi connectivity index (χ1v) is 7.02. The maximum absolute atomic E-state index is 2.37. The molecule has 15 heavy (non-hydrogen) atoms. The topological polar surface area (TPSA) is 0 Å². The van der Waals surface area contributed by atoms with Crippen LogP contribution in [0.1, 0.15) is 73.6 Å². The lowest BCUT2D eigenvalue weighted by Crippen LogP contribution is -2.27. The summed E-state index contributed by atoms with van der Waals surface area (Å²) in [4.78, 5) is 0. The van der Waals surface area contributed by atoms with Gasteiger partial charge < -0.3 is 0 Å². The first-order chi connectivity index (χ1) is 7.02. The monoisotopic (exact) mass is 212 g/mol. The Bertz CT molecular complexity index is 132. The van der Waals surface area contributed by atoms with E-state index in [-0.39, 0.29) is 0 Å². The molecular formula is C15H32. The number of hydrogen-bond donors (Lipinski definition) is 0. The third-order valence-electron chi connectivity index (χ3n) is 4.02. The molecule has 3 unspecified atom stereocenters. The molecule has 3 atom stereocenters. The summed E-state index contributed by atoms with van der Waals surface area (Å²) in [7, 11) is 0. The third-order valence-corrected chi connectivity index (χ3v) is 4.02. The van der Waals surface area contributed by atoms with Crippen LogP contribution in [0.3, 0.4) is 0 Å². The van der Waals surface area contributed by atoms with Crippen molar-refractivity contribution in [1.29, 1.82) is 0 Å². The van der Waals surface area contributed by atoms with Gasteiger partial charge in [0.15, 0.2) is 0 Å². The zero-order chi connectivity index (χ0) is 11.8. The van der Waals surface area contributed by atoms with Crippen molar-refractivity contribution < 1.29 is 0 Å². The Morgan fingerprint density at radius 2 is 1.67 bits per heavy atom. The van der Waals surface area contributed by atoms with Gasteiger partial charge in [0.1, 0.15) is 0 Å². The van der Waals surface area contributed by atoms with E-state index in [4.69, 9.17) is 0 Å². The lowest BCUT2D eigenvalue weighted by molar-refractivity contribution is 0.139. The maximum Gasteiger partial charge on any atom is -0.0365 e. The summed E-state index contributed by atoms with van der Waals surface area (Å²) in [5, 5.41) is 0. The van der Waals surface area contributed by atoms with Gasteiger partial charge in [-0.05, 0) is 30.1 Å². The summed E-state index contributed by atoms with van der Waals surface area (Å²) < 4.78 is 0. The Morgan fingerprint density at radius 3 is 1.73 bits per heavy atom. The van der Waals surface area contributed by atoms with E-state index in [2.05, 4.69) is 41.5 Å². The summed E-state index contributed by atoms with van der Waals surface area (Å²) in [6.07, 6.45) is 7.04. The highest BCUT2D eigenvalue weighted by molar-refractivity contribution is 4.78. The summed E-state index contributed by atoms with van der Waals surface area (Å²) in [6, 6.07) is 0. The smallest absolute Gasteiger partial charge is 0.0365 e. The van der Waals surface area contributed by atoms with E-state index in [1.807, 2.05) is 0 Å². The Kier molecular flexibility index (Phi) is 8.19. The van der Waals surface area contributed by atoms with Crippen LogP contribution in [0, 0.1) is 23.7 Å². The van der Waals surface area contributed by atoms with Crippen LogP contribution in [0.15, 0.2) is 0 Å². The van der Waals surface area contributed by atoms with Crippen molar-refractivity contribution in [2.24, 2.45) is 23.7 Å². The molecule has 0 heterocycles. The number of rotatable bonds is 4. The van der Waals surface area contributed by atoms with Crippen molar-refractivity contribution in [1.82, 2.24) is 0 Å². The molecule has 0 aromatic heterocycles. The first-order valence-electron chi connectivity index (χ1n) is 7.02. The summed E-state index contributed by atoms with van der Waals surface area (Å²) in [5.41, 5.74) is 0. The molecule has 1 aliphatic rings. The van der Waals surface area contributed by atoms with E-state index >= 15 is 0 Å². The highest BCUT2D eigenvalue weighted by Gasteiger charge is 2.28. The van der Waals surface area contributed by atoms with Gasteiger partial charge in [-0.1, -0.05) is 67.2 Å². The predicted octanol–water partition coefficient (Wildman–Crippen LogP) is 5.52. The van der Waals surface area contributed by atoms with Gasteiger partial charge in [0.05, 0.1) is 0 Å². The van der Waals surface area contributed by atoms with Crippen molar-refractivity contribution in [2.75, 3.05) is 0 Å². The van der Waals surface area contributed by atoms with Crippen LogP contribution in [-0.4, -0.2) is 0 Å². The van der Waals surface area contributed by atoms with Crippen molar-refractivity contribution in [3.63, 3.8) is 0 Å². The Labute approximate surface area is 97.8 Å². The maximum atomic E-state index is 2.37. The molecule has 1 aliphatic carbocycles.